The topological polar surface area (TPSA) is 44.5 Å². The molecule has 0 bridgehead atoms. The predicted molar refractivity (Wildman–Crippen MR) is 71.8 cm³/mol. The summed E-state index contributed by atoms with van der Waals surface area (Å²) in [6.07, 6.45) is 3.49. The van der Waals surface area contributed by atoms with Gasteiger partial charge in [0, 0.05) is 17.5 Å². The first-order chi connectivity index (χ1) is 8.18. The molecule has 0 spiro atoms. The van der Waals surface area contributed by atoms with Crippen molar-refractivity contribution in [3.05, 3.63) is 22.2 Å². The Balaban J connectivity index is 2.54. The van der Waals surface area contributed by atoms with E-state index in [4.69, 9.17) is 15.2 Å². The predicted octanol–water partition coefficient (Wildman–Crippen LogP) is 2.85. The van der Waals surface area contributed by atoms with Gasteiger partial charge in [0.25, 0.3) is 0 Å². The fraction of sp³-hybridized carbons (Fsp3) is 0.538. The van der Waals surface area contributed by atoms with Crippen molar-refractivity contribution in [3.8, 4) is 11.5 Å². The van der Waals surface area contributed by atoms with Crippen LogP contribution < -0.4 is 15.2 Å². The largest absolute Gasteiger partial charge is 0.493 e. The van der Waals surface area contributed by atoms with Gasteiger partial charge in [-0.25, -0.2) is 0 Å². The Labute approximate surface area is 110 Å². The molecular weight excluding hydrogens is 282 g/mol. The lowest BCUT2D eigenvalue weighted by Crippen LogP contribution is -2.41. The number of halogens is 1. The average Bonchev–Trinajstić information content (AvgIpc) is 2.29. The number of rotatable bonds is 4. The van der Waals surface area contributed by atoms with Crippen molar-refractivity contribution in [2.75, 3.05) is 20.8 Å². The zero-order chi connectivity index (χ0) is 12.5. The highest BCUT2D eigenvalue weighted by molar-refractivity contribution is 9.10. The highest BCUT2D eigenvalue weighted by Gasteiger charge is 2.40. The molecule has 3 nitrogen and oxygen atoms in total. The first kappa shape index (κ1) is 12.7. The van der Waals surface area contributed by atoms with Crippen LogP contribution >= 0.6 is 15.9 Å². The number of hydrogen-bond acceptors (Lipinski definition) is 3. The number of hydrogen-bond donors (Lipinski definition) is 1. The van der Waals surface area contributed by atoms with E-state index >= 15 is 0 Å². The molecule has 17 heavy (non-hydrogen) atoms. The Bertz CT molecular complexity index is 411. The van der Waals surface area contributed by atoms with Crippen molar-refractivity contribution in [2.24, 2.45) is 5.73 Å². The first-order valence-corrected chi connectivity index (χ1v) is 6.59. The second kappa shape index (κ2) is 4.86. The van der Waals surface area contributed by atoms with Crippen LogP contribution in [0.2, 0.25) is 0 Å². The number of benzene rings is 1. The minimum absolute atomic E-state index is 0.0827. The van der Waals surface area contributed by atoms with Crippen molar-refractivity contribution in [2.45, 2.75) is 24.7 Å². The van der Waals surface area contributed by atoms with E-state index in [2.05, 4.69) is 22.0 Å². The third kappa shape index (κ3) is 1.93. The minimum Gasteiger partial charge on any atom is -0.493 e. The van der Waals surface area contributed by atoms with Crippen molar-refractivity contribution in [1.29, 1.82) is 0 Å². The zero-order valence-electron chi connectivity index (χ0n) is 10.3. The van der Waals surface area contributed by atoms with Gasteiger partial charge >= 0.3 is 0 Å². The van der Waals surface area contributed by atoms with E-state index in [1.54, 1.807) is 14.2 Å². The van der Waals surface area contributed by atoms with Gasteiger partial charge in [0.15, 0.2) is 11.5 Å². The van der Waals surface area contributed by atoms with Crippen LogP contribution in [-0.4, -0.2) is 20.8 Å². The summed E-state index contributed by atoms with van der Waals surface area (Å²) in [7, 11) is 3.33. The molecule has 1 aromatic rings. The third-order valence-corrected chi connectivity index (χ3v) is 4.37. The summed E-state index contributed by atoms with van der Waals surface area (Å²) in [6, 6.07) is 4.10. The molecule has 0 unspecified atom stereocenters. The van der Waals surface area contributed by atoms with Gasteiger partial charge in [-0.1, -0.05) is 12.5 Å². The quantitative estimate of drug-likeness (QED) is 0.930. The zero-order valence-corrected chi connectivity index (χ0v) is 11.8. The van der Waals surface area contributed by atoms with Gasteiger partial charge in [-0.2, -0.15) is 0 Å². The van der Waals surface area contributed by atoms with E-state index in [-0.39, 0.29) is 5.41 Å². The smallest absolute Gasteiger partial charge is 0.175 e. The molecule has 0 aliphatic heterocycles. The molecule has 0 radical (unpaired) electrons. The molecule has 0 heterocycles. The van der Waals surface area contributed by atoms with Gasteiger partial charge in [0.2, 0.25) is 0 Å². The highest BCUT2D eigenvalue weighted by atomic mass is 79.9. The van der Waals surface area contributed by atoms with Gasteiger partial charge in [0.05, 0.1) is 18.7 Å². The normalized spacial score (nSPS) is 17.4. The summed E-state index contributed by atoms with van der Waals surface area (Å²) in [4.78, 5) is 0. The maximum atomic E-state index is 5.95. The second-order valence-electron chi connectivity index (χ2n) is 4.50. The lowest BCUT2D eigenvalue weighted by molar-refractivity contribution is 0.240. The van der Waals surface area contributed by atoms with Crippen LogP contribution in [0.1, 0.15) is 24.8 Å². The fourth-order valence-corrected chi connectivity index (χ4v) is 3.01. The lowest BCUT2D eigenvalue weighted by Gasteiger charge is -2.42. The van der Waals surface area contributed by atoms with Gasteiger partial charge in [-0.15, -0.1) is 0 Å². The van der Waals surface area contributed by atoms with Crippen molar-refractivity contribution in [1.82, 2.24) is 0 Å². The van der Waals surface area contributed by atoms with Crippen molar-refractivity contribution in [3.63, 3.8) is 0 Å². The lowest BCUT2D eigenvalue weighted by atomic mass is 9.64. The minimum atomic E-state index is 0.0827. The SMILES string of the molecule is COc1c(Br)ccc(C2(CN)CCC2)c1OC. The highest BCUT2D eigenvalue weighted by Crippen LogP contribution is 2.50. The van der Waals surface area contributed by atoms with E-state index in [9.17, 15) is 0 Å². The molecule has 1 fully saturated rings. The maximum Gasteiger partial charge on any atom is 0.175 e. The van der Waals surface area contributed by atoms with Crippen LogP contribution in [0.3, 0.4) is 0 Å². The van der Waals surface area contributed by atoms with E-state index in [0.29, 0.717) is 6.54 Å². The Morgan fingerprint density at radius 3 is 2.29 bits per heavy atom. The van der Waals surface area contributed by atoms with Crippen LogP contribution in [0, 0.1) is 0 Å². The maximum absolute atomic E-state index is 5.95. The number of nitrogens with two attached hydrogens (primary N) is 1. The van der Waals surface area contributed by atoms with Crippen molar-refractivity contribution < 1.29 is 9.47 Å². The summed E-state index contributed by atoms with van der Waals surface area (Å²) in [5.74, 6) is 1.57. The van der Waals surface area contributed by atoms with Gasteiger partial charge in [-0.05, 0) is 34.8 Å². The average molecular weight is 300 g/mol. The van der Waals surface area contributed by atoms with Crippen LogP contribution in [0.25, 0.3) is 0 Å². The second-order valence-corrected chi connectivity index (χ2v) is 5.35. The Morgan fingerprint density at radius 2 is 1.88 bits per heavy atom. The molecule has 2 N–H and O–H groups in total. The van der Waals surface area contributed by atoms with E-state index in [0.717, 1.165) is 28.8 Å². The summed E-state index contributed by atoms with van der Waals surface area (Å²) in [5.41, 5.74) is 7.20. The number of methoxy groups -OCH3 is 2. The molecular formula is C13H18BrNO2. The third-order valence-electron chi connectivity index (χ3n) is 3.75. The van der Waals surface area contributed by atoms with Crippen LogP contribution in [0.15, 0.2) is 16.6 Å². The van der Waals surface area contributed by atoms with Crippen molar-refractivity contribution >= 4 is 15.9 Å². The van der Waals surface area contributed by atoms with Gasteiger partial charge in [0.1, 0.15) is 0 Å². The monoisotopic (exact) mass is 299 g/mol. The van der Waals surface area contributed by atoms with E-state index in [1.807, 2.05) is 6.07 Å². The van der Waals surface area contributed by atoms with Gasteiger partial charge < -0.3 is 15.2 Å². The molecule has 2 rings (SSSR count). The van der Waals surface area contributed by atoms with E-state index < -0.39 is 0 Å². The molecule has 1 saturated carbocycles. The Hall–Kier alpha value is -0.740. The molecule has 0 amide bonds. The molecule has 1 aromatic carbocycles. The Morgan fingerprint density at radius 1 is 1.24 bits per heavy atom. The molecule has 0 saturated heterocycles. The molecule has 4 heteroatoms. The van der Waals surface area contributed by atoms with E-state index in [1.165, 1.54) is 12.0 Å². The first-order valence-electron chi connectivity index (χ1n) is 5.79. The molecule has 1 aliphatic rings. The Kier molecular flexibility index (Phi) is 3.64. The fourth-order valence-electron chi connectivity index (χ4n) is 2.54. The molecule has 0 aromatic heterocycles. The van der Waals surface area contributed by atoms with Gasteiger partial charge in [-0.3, -0.25) is 0 Å². The molecule has 1 aliphatic carbocycles. The van der Waals surface area contributed by atoms with Crippen LogP contribution in [-0.2, 0) is 5.41 Å². The number of ether oxygens (including phenoxy) is 2. The summed E-state index contributed by atoms with van der Waals surface area (Å²) < 4.78 is 11.8. The van der Waals surface area contributed by atoms with Crippen LogP contribution in [0.4, 0.5) is 0 Å². The molecule has 0 atom stereocenters. The van der Waals surface area contributed by atoms with Crippen LogP contribution in [0.5, 0.6) is 11.5 Å². The molecule has 94 valence electrons. The standard InChI is InChI=1S/C13H18BrNO2/c1-16-11-9(13(8-15)6-3-7-13)4-5-10(14)12(11)17-2/h4-5H,3,6-8,15H2,1-2H3. The summed E-state index contributed by atoms with van der Waals surface area (Å²) >= 11 is 3.47. The summed E-state index contributed by atoms with van der Waals surface area (Å²) in [5, 5.41) is 0. The summed E-state index contributed by atoms with van der Waals surface area (Å²) in [6.45, 7) is 0.661.